The van der Waals surface area contributed by atoms with Gasteiger partial charge in [0.25, 0.3) is 0 Å². The normalized spacial score (nSPS) is 18.5. The van der Waals surface area contributed by atoms with Gasteiger partial charge < -0.3 is 4.74 Å². The summed E-state index contributed by atoms with van der Waals surface area (Å²) < 4.78 is 5.46. The Hall–Kier alpha value is -2.02. The molecule has 0 spiro atoms. The van der Waals surface area contributed by atoms with Gasteiger partial charge in [-0.25, -0.2) is 0 Å². The van der Waals surface area contributed by atoms with Gasteiger partial charge >= 0.3 is 0 Å². The molecule has 0 aromatic heterocycles. The zero-order valence-electron chi connectivity index (χ0n) is 15.4. The number of hydrogen-bond acceptors (Lipinski definition) is 1. The van der Waals surface area contributed by atoms with E-state index in [1.165, 1.54) is 45.5 Å². The standard InChI is InChI=1S/C23H26O/c1-22(2)10-11-23(3,4)21-14-19-16(12-20(21)22)7-6-15-8-9-17(24-5)13-18(15)19/h6-9,12-14H,10-11H2,1-5H3. The SMILES string of the molecule is COc1ccc2ccc3cc4c(cc3c2c1)C(C)(C)CCC4(C)C. The molecular formula is C23H26O. The van der Waals surface area contributed by atoms with Crippen LogP contribution in [0.25, 0.3) is 21.5 Å². The predicted octanol–water partition coefficient (Wildman–Crippen LogP) is 6.35. The quantitative estimate of drug-likeness (QED) is 0.475. The summed E-state index contributed by atoms with van der Waals surface area (Å²) in [6, 6.07) is 15.7. The van der Waals surface area contributed by atoms with Crippen LogP contribution in [-0.4, -0.2) is 7.11 Å². The van der Waals surface area contributed by atoms with Crippen molar-refractivity contribution in [1.82, 2.24) is 0 Å². The molecule has 1 aliphatic rings. The van der Waals surface area contributed by atoms with E-state index in [0.717, 1.165) is 5.75 Å². The van der Waals surface area contributed by atoms with Crippen LogP contribution in [0.15, 0.2) is 42.5 Å². The second kappa shape index (κ2) is 4.99. The van der Waals surface area contributed by atoms with Crippen molar-refractivity contribution in [3.63, 3.8) is 0 Å². The van der Waals surface area contributed by atoms with Crippen LogP contribution in [0.1, 0.15) is 51.7 Å². The van der Waals surface area contributed by atoms with Crippen LogP contribution < -0.4 is 4.74 Å². The number of rotatable bonds is 1. The average Bonchev–Trinajstić information content (AvgIpc) is 2.57. The Balaban J connectivity index is 2.11. The highest BCUT2D eigenvalue weighted by Crippen LogP contribution is 2.47. The predicted molar refractivity (Wildman–Crippen MR) is 103 cm³/mol. The Morgan fingerprint density at radius 2 is 1.25 bits per heavy atom. The minimum atomic E-state index is 0.236. The zero-order chi connectivity index (χ0) is 17.1. The first-order valence-electron chi connectivity index (χ1n) is 8.87. The van der Waals surface area contributed by atoms with Gasteiger partial charge in [-0.15, -0.1) is 0 Å². The molecule has 0 heterocycles. The average molecular weight is 318 g/mol. The van der Waals surface area contributed by atoms with Gasteiger partial charge in [0.15, 0.2) is 0 Å². The van der Waals surface area contributed by atoms with E-state index in [2.05, 4.69) is 64.1 Å². The number of fused-ring (bicyclic) bond motifs is 4. The molecular weight excluding hydrogens is 292 g/mol. The first kappa shape index (κ1) is 15.5. The maximum atomic E-state index is 5.46. The van der Waals surface area contributed by atoms with Crippen LogP contribution in [0, 0.1) is 0 Å². The summed E-state index contributed by atoms with van der Waals surface area (Å²) in [7, 11) is 1.74. The maximum Gasteiger partial charge on any atom is 0.119 e. The van der Waals surface area contributed by atoms with Crippen molar-refractivity contribution >= 4 is 21.5 Å². The second-order valence-electron chi connectivity index (χ2n) is 8.54. The Bertz CT molecular complexity index is 947. The molecule has 124 valence electrons. The van der Waals surface area contributed by atoms with Crippen LogP contribution in [0.2, 0.25) is 0 Å². The van der Waals surface area contributed by atoms with Crippen LogP contribution in [-0.2, 0) is 10.8 Å². The lowest BCUT2D eigenvalue weighted by molar-refractivity contribution is 0.332. The zero-order valence-corrected chi connectivity index (χ0v) is 15.4. The largest absolute Gasteiger partial charge is 0.497 e. The van der Waals surface area contributed by atoms with Gasteiger partial charge in [0.2, 0.25) is 0 Å². The molecule has 1 nitrogen and oxygen atoms in total. The molecule has 1 aliphatic carbocycles. The summed E-state index contributed by atoms with van der Waals surface area (Å²) in [5, 5.41) is 5.24. The number of hydrogen-bond donors (Lipinski definition) is 0. The van der Waals surface area contributed by atoms with Crippen molar-refractivity contribution in [3.05, 3.63) is 53.6 Å². The lowest BCUT2D eigenvalue weighted by Gasteiger charge is -2.42. The van der Waals surface area contributed by atoms with Gasteiger partial charge in [-0.05, 0) is 74.5 Å². The highest BCUT2D eigenvalue weighted by Gasteiger charge is 2.37. The fourth-order valence-electron chi connectivity index (χ4n) is 4.22. The van der Waals surface area contributed by atoms with Crippen molar-refractivity contribution < 1.29 is 4.74 Å². The van der Waals surface area contributed by atoms with E-state index in [1.807, 2.05) is 6.07 Å². The number of benzene rings is 3. The third-order valence-corrected chi connectivity index (χ3v) is 6.02. The third-order valence-electron chi connectivity index (χ3n) is 6.02. The van der Waals surface area contributed by atoms with E-state index in [0.29, 0.717) is 0 Å². The lowest BCUT2D eigenvalue weighted by Crippen LogP contribution is -2.33. The molecule has 3 aromatic carbocycles. The minimum absolute atomic E-state index is 0.236. The number of methoxy groups -OCH3 is 1. The van der Waals surface area contributed by atoms with E-state index in [-0.39, 0.29) is 10.8 Å². The van der Waals surface area contributed by atoms with Crippen LogP contribution >= 0.6 is 0 Å². The van der Waals surface area contributed by atoms with Gasteiger partial charge in [0, 0.05) is 0 Å². The summed E-state index contributed by atoms with van der Waals surface area (Å²) in [6.45, 7) is 9.55. The van der Waals surface area contributed by atoms with Gasteiger partial charge in [0.1, 0.15) is 5.75 Å². The molecule has 1 heteroatoms. The van der Waals surface area contributed by atoms with Crippen molar-refractivity contribution in [2.75, 3.05) is 7.11 Å². The highest BCUT2D eigenvalue weighted by atomic mass is 16.5. The lowest BCUT2D eigenvalue weighted by atomic mass is 9.62. The Morgan fingerprint density at radius 1 is 0.708 bits per heavy atom. The first-order chi connectivity index (χ1) is 11.3. The second-order valence-corrected chi connectivity index (χ2v) is 8.54. The van der Waals surface area contributed by atoms with Crippen molar-refractivity contribution in [1.29, 1.82) is 0 Å². The Kier molecular flexibility index (Phi) is 3.22. The van der Waals surface area contributed by atoms with Gasteiger partial charge in [-0.2, -0.15) is 0 Å². The summed E-state index contributed by atoms with van der Waals surface area (Å²) in [5.41, 5.74) is 3.53. The Labute approximate surface area is 144 Å². The van der Waals surface area contributed by atoms with Gasteiger partial charge in [-0.3, -0.25) is 0 Å². The monoisotopic (exact) mass is 318 g/mol. The Morgan fingerprint density at radius 3 is 1.92 bits per heavy atom. The molecule has 0 bridgehead atoms. The van der Waals surface area contributed by atoms with Gasteiger partial charge in [-0.1, -0.05) is 52.0 Å². The van der Waals surface area contributed by atoms with Crippen molar-refractivity contribution in [2.45, 2.75) is 51.4 Å². The van der Waals surface area contributed by atoms with E-state index in [1.54, 1.807) is 7.11 Å². The molecule has 0 N–H and O–H groups in total. The molecule has 0 saturated carbocycles. The molecule has 4 rings (SSSR count). The molecule has 0 saturated heterocycles. The summed E-state index contributed by atoms with van der Waals surface area (Å²) >= 11 is 0. The molecule has 0 fully saturated rings. The third kappa shape index (κ3) is 2.22. The summed E-state index contributed by atoms with van der Waals surface area (Å²) in [4.78, 5) is 0. The molecule has 0 unspecified atom stereocenters. The van der Waals surface area contributed by atoms with Crippen LogP contribution in [0.3, 0.4) is 0 Å². The fourth-order valence-corrected chi connectivity index (χ4v) is 4.22. The van der Waals surface area contributed by atoms with E-state index < -0.39 is 0 Å². The summed E-state index contributed by atoms with van der Waals surface area (Å²) in [5.74, 6) is 0.923. The molecule has 0 amide bonds. The number of ether oxygens (including phenoxy) is 1. The maximum absolute atomic E-state index is 5.46. The summed E-state index contributed by atoms with van der Waals surface area (Å²) in [6.07, 6.45) is 2.49. The van der Waals surface area contributed by atoms with E-state index in [4.69, 9.17) is 4.74 Å². The fraction of sp³-hybridized carbons (Fsp3) is 0.391. The molecule has 3 aromatic rings. The van der Waals surface area contributed by atoms with Crippen LogP contribution in [0.5, 0.6) is 5.75 Å². The smallest absolute Gasteiger partial charge is 0.119 e. The van der Waals surface area contributed by atoms with E-state index in [9.17, 15) is 0 Å². The highest BCUT2D eigenvalue weighted by molar-refractivity contribution is 6.08. The van der Waals surface area contributed by atoms with Crippen molar-refractivity contribution in [2.24, 2.45) is 0 Å². The topological polar surface area (TPSA) is 9.23 Å². The molecule has 0 aliphatic heterocycles. The molecule has 24 heavy (non-hydrogen) atoms. The van der Waals surface area contributed by atoms with Crippen molar-refractivity contribution in [3.8, 4) is 5.75 Å². The van der Waals surface area contributed by atoms with E-state index >= 15 is 0 Å². The van der Waals surface area contributed by atoms with Gasteiger partial charge in [0.05, 0.1) is 7.11 Å². The minimum Gasteiger partial charge on any atom is -0.497 e. The first-order valence-corrected chi connectivity index (χ1v) is 8.87. The molecule has 0 radical (unpaired) electrons. The molecule has 0 atom stereocenters. The van der Waals surface area contributed by atoms with Crippen LogP contribution in [0.4, 0.5) is 0 Å².